The third-order valence-electron chi connectivity index (χ3n) is 2.92. The quantitative estimate of drug-likeness (QED) is 0.880. The van der Waals surface area contributed by atoms with Gasteiger partial charge in [0, 0.05) is 11.0 Å². The largest absolute Gasteiger partial charge is 0.321 e. The minimum Gasteiger partial charge on any atom is -0.321 e. The molecule has 0 bridgehead atoms. The number of rotatable bonds is 2. The molecule has 1 atom stereocenters. The zero-order valence-electron chi connectivity index (χ0n) is 9.60. The van der Waals surface area contributed by atoms with Crippen LogP contribution in [-0.2, 0) is 4.79 Å². The molecule has 1 aromatic carbocycles. The van der Waals surface area contributed by atoms with Crippen LogP contribution in [0.4, 0.5) is 14.5 Å². The zero-order chi connectivity index (χ0) is 13.1. The summed E-state index contributed by atoms with van der Waals surface area (Å²) < 4.78 is 27.4. The first kappa shape index (κ1) is 13.4. The van der Waals surface area contributed by atoms with Crippen LogP contribution in [0.1, 0.15) is 12.8 Å². The normalized spacial score (nSPS) is 19.6. The van der Waals surface area contributed by atoms with Crippen LogP contribution >= 0.6 is 15.9 Å². The van der Waals surface area contributed by atoms with Gasteiger partial charge in [0.15, 0.2) is 11.6 Å². The van der Waals surface area contributed by atoms with Crippen LogP contribution in [0.5, 0.6) is 0 Å². The molecule has 6 heteroatoms. The maximum absolute atomic E-state index is 13.5. The number of anilines is 1. The second-order valence-corrected chi connectivity index (χ2v) is 5.19. The predicted octanol–water partition coefficient (Wildman–Crippen LogP) is 2.67. The SMILES string of the molecule is O=C(Nc1c(F)cc(Br)cc1F)C1CCCNC1. The van der Waals surface area contributed by atoms with Gasteiger partial charge < -0.3 is 10.6 Å². The van der Waals surface area contributed by atoms with Crippen molar-refractivity contribution in [3.05, 3.63) is 28.2 Å². The summed E-state index contributed by atoms with van der Waals surface area (Å²) in [6.07, 6.45) is 1.63. The number of carbonyl (C=O) groups is 1. The van der Waals surface area contributed by atoms with Gasteiger partial charge in [0.2, 0.25) is 5.91 Å². The summed E-state index contributed by atoms with van der Waals surface area (Å²) in [6.45, 7) is 1.43. The second kappa shape index (κ2) is 5.75. The van der Waals surface area contributed by atoms with Crippen LogP contribution in [0.15, 0.2) is 16.6 Å². The first-order chi connectivity index (χ1) is 8.58. The lowest BCUT2D eigenvalue weighted by Crippen LogP contribution is -2.37. The molecule has 18 heavy (non-hydrogen) atoms. The highest BCUT2D eigenvalue weighted by Crippen LogP contribution is 2.24. The molecule has 1 unspecified atom stereocenters. The lowest BCUT2D eigenvalue weighted by atomic mass is 9.99. The fraction of sp³-hybridized carbons (Fsp3) is 0.417. The fourth-order valence-corrected chi connectivity index (χ4v) is 2.36. The Morgan fingerprint density at radius 2 is 2.06 bits per heavy atom. The van der Waals surface area contributed by atoms with E-state index in [9.17, 15) is 13.6 Å². The molecule has 1 saturated heterocycles. The third kappa shape index (κ3) is 3.05. The number of benzene rings is 1. The third-order valence-corrected chi connectivity index (χ3v) is 3.38. The van der Waals surface area contributed by atoms with E-state index >= 15 is 0 Å². The highest BCUT2D eigenvalue weighted by Gasteiger charge is 2.23. The number of piperidine rings is 1. The molecular formula is C12H13BrF2N2O. The Kier molecular flexibility index (Phi) is 4.29. The zero-order valence-corrected chi connectivity index (χ0v) is 11.2. The molecule has 2 rings (SSSR count). The van der Waals surface area contributed by atoms with Crippen molar-refractivity contribution < 1.29 is 13.6 Å². The van der Waals surface area contributed by atoms with Crippen molar-refractivity contribution in [3.8, 4) is 0 Å². The number of halogens is 3. The van der Waals surface area contributed by atoms with Gasteiger partial charge in [0.1, 0.15) is 5.69 Å². The molecule has 1 fully saturated rings. The summed E-state index contributed by atoms with van der Waals surface area (Å²) in [4.78, 5) is 11.9. The summed E-state index contributed by atoms with van der Waals surface area (Å²) in [7, 11) is 0. The molecule has 0 aliphatic carbocycles. The van der Waals surface area contributed by atoms with Crippen LogP contribution in [0.2, 0.25) is 0 Å². The monoisotopic (exact) mass is 318 g/mol. The Morgan fingerprint density at radius 1 is 1.39 bits per heavy atom. The average Bonchev–Trinajstić information content (AvgIpc) is 2.34. The van der Waals surface area contributed by atoms with Crippen LogP contribution in [0, 0.1) is 17.6 Å². The topological polar surface area (TPSA) is 41.1 Å². The first-order valence-electron chi connectivity index (χ1n) is 5.74. The van der Waals surface area contributed by atoms with E-state index in [1.165, 1.54) is 0 Å². The predicted molar refractivity (Wildman–Crippen MR) is 68.3 cm³/mol. The molecule has 98 valence electrons. The van der Waals surface area contributed by atoms with E-state index in [1.807, 2.05) is 0 Å². The van der Waals surface area contributed by atoms with E-state index < -0.39 is 11.6 Å². The van der Waals surface area contributed by atoms with Gasteiger partial charge in [-0.1, -0.05) is 15.9 Å². The van der Waals surface area contributed by atoms with Crippen LogP contribution in [0.3, 0.4) is 0 Å². The summed E-state index contributed by atoms with van der Waals surface area (Å²) >= 11 is 2.99. The van der Waals surface area contributed by atoms with Crippen molar-refractivity contribution in [2.24, 2.45) is 5.92 Å². The van der Waals surface area contributed by atoms with Crippen LogP contribution in [-0.4, -0.2) is 19.0 Å². The molecule has 0 aromatic heterocycles. The molecule has 3 nitrogen and oxygen atoms in total. The van der Waals surface area contributed by atoms with Crippen molar-refractivity contribution >= 4 is 27.5 Å². The second-order valence-electron chi connectivity index (χ2n) is 4.28. The smallest absolute Gasteiger partial charge is 0.228 e. The minimum atomic E-state index is -0.779. The molecule has 0 saturated carbocycles. The molecule has 1 aliphatic heterocycles. The number of hydrogen-bond donors (Lipinski definition) is 2. The summed E-state index contributed by atoms with van der Waals surface area (Å²) in [5, 5.41) is 5.41. The van der Waals surface area contributed by atoms with Gasteiger partial charge in [-0.15, -0.1) is 0 Å². The lowest BCUT2D eigenvalue weighted by molar-refractivity contribution is -0.120. The molecule has 0 spiro atoms. The highest BCUT2D eigenvalue weighted by atomic mass is 79.9. The van der Waals surface area contributed by atoms with Gasteiger partial charge in [-0.2, -0.15) is 0 Å². The van der Waals surface area contributed by atoms with Crippen molar-refractivity contribution in [2.45, 2.75) is 12.8 Å². The van der Waals surface area contributed by atoms with Gasteiger partial charge in [0.05, 0.1) is 5.92 Å². The van der Waals surface area contributed by atoms with E-state index in [0.717, 1.165) is 31.5 Å². The lowest BCUT2D eigenvalue weighted by Gasteiger charge is -2.22. The Bertz CT molecular complexity index is 438. The Labute approximate surface area is 112 Å². The number of nitrogens with one attached hydrogen (secondary N) is 2. The van der Waals surface area contributed by atoms with Crippen molar-refractivity contribution in [2.75, 3.05) is 18.4 Å². The first-order valence-corrected chi connectivity index (χ1v) is 6.53. The Hall–Kier alpha value is -1.01. The van der Waals surface area contributed by atoms with Crippen molar-refractivity contribution in [1.82, 2.24) is 5.32 Å². The maximum atomic E-state index is 13.5. The summed E-state index contributed by atoms with van der Waals surface area (Å²) in [6, 6.07) is 2.25. The van der Waals surface area contributed by atoms with E-state index in [2.05, 4.69) is 26.6 Å². The van der Waals surface area contributed by atoms with E-state index in [-0.39, 0.29) is 17.5 Å². The number of carbonyl (C=O) groups excluding carboxylic acids is 1. The molecule has 0 radical (unpaired) electrons. The molecule has 1 heterocycles. The molecule has 1 aromatic rings. The van der Waals surface area contributed by atoms with Gasteiger partial charge in [-0.05, 0) is 31.5 Å². The van der Waals surface area contributed by atoms with Gasteiger partial charge in [-0.25, -0.2) is 8.78 Å². The van der Waals surface area contributed by atoms with E-state index in [4.69, 9.17) is 0 Å². The van der Waals surface area contributed by atoms with Gasteiger partial charge in [0.25, 0.3) is 0 Å². The van der Waals surface area contributed by atoms with Gasteiger partial charge in [-0.3, -0.25) is 4.79 Å². The molecule has 2 N–H and O–H groups in total. The van der Waals surface area contributed by atoms with Gasteiger partial charge >= 0.3 is 0 Å². The molecule has 1 aliphatic rings. The number of hydrogen-bond acceptors (Lipinski definition) is 2. The maximum Gasteiger partial charge on any atom is 0.228 e. The number of amides is 1. The standard InChI is InChI=1S/C12H13BrF2N2O/c13-8-4-9(14)11(10(15)5-8)17-12(18)7-2-1-3-16-6-7/h4-5,7,16H,1-3,6H2,(H,17,18). The Morgan fingerprint density at radius 3 is 2.61 bits per heavy atom. The summed E-state index contributed by atoms with van der Waals surface area (Å²) in [5.41, 5.74) is -0.381. The highest BCUT2D eigenvalue weighted by molar-refractivity contribution is 9.10. The van der Waals surface area contributed by atoms with Crippen molar-refractivity contribution in [1.29, 1.82) is 0 Å². The molecule has 1 amide bonds. The average molecular weight is 319 g/mol. The fourth-order valence-electron chi connectivity index (χ4n) is 1.96. The van der Waals surface area contributed by atoms with E-state index in [0.29, 0.717) is 11.0 Å². The minimum absolute atomic E-state index is 0.235. The molecular weight excluding hydrogens is 306 g/mol. The van der Waals surface area contributed by atoms with Crippen LogP contribution in [0.25, 0.3) is 0 Å². The van der Waals surface area contributed by atoms with Crippen LogP contribution < -0.4 is 10.6 Å². The summed E-state index contributed by atoms with van der Waals surface area (Å²) in [5.74, 6) is -2.14. The Balaban J connectivity index is 2.11. The van der Waals surface area contributed by atoms with Crippen molar-refractivity contribution in [3.63, 3.8) is 0 Å². The van der Waals surface area contributed by atoms with E-state index in [1.54, 1.807) is 0 Å².